The quantitative estimate of drug-likeness (QED) is 0.0307. The molecule has 0 unspecified atom stereocenters. The Bertz CT molecular complexity index is 4460. The largest absolute Gasteiger partial charge is 0.480 e. The molecule has 11 rings (SSSR count). The van der Waals surface area contributed by atoms with Gasteiger partial charge in [0.05, 0.1) is 75.1 Å². The highest BCUT2D eigenvalue weighted by atomic mass is 16.4. The summed E-state index contributed by atoms with van der Waals surface area (Å²) in [6.45, 7) is 14.7. The van der Waals surface area contributed by atoms with Gasteiger partial charge in [-0.2, -0.15) is 0 Å². The Kier molecular flexibility index (Phi) is 26.5. The SMILES string of the molecule is Cc1cc(C)c(-c2c3nc(c(-c4ccc(NC(=O)CN5CCN(CC(=O)O)CCN(CC(=O)O)CCN(CC(=O)O)CC5)cc4)c4ccc([nH]4)c(-c4c(C)cc(C)cc4C)c4nc(c(-c5ccc(NC(=O)CN6CCN(CC(=O)O)CCN(CC(=O)O)CCN(CC(=O)O)CC6)cc5)c5ccc2[nH]5)C=C4)C=C3)c(C)c1. The molecule has 578 valence electrons. The molecule has 8 bridgehead atoms. The number of aromatic nitrogens is 4. The molecule has 0 aliphatic carbocycles. The van der Waals surface area contributed by atoms with Crippen LogP contribution in [0.2, 0.25) is 0 Å². The van der Waals surface area contributed by atoms with Crippen LogP contribution >= 0.6 is 0 Å². The first kappa shape index (κ1) is 79.9. The number of fused-ring (bicyclic) bond motifs is 8. The molecule has 0 spiro atoms. The average molecular weight is 1500 g/mol. The zero-order valence-corrected chi connectivity index (χ0v) is 62.9. The normalized spacial score (nSPS) is 16.1. The van der Waals surface area contributed by atoms with Gasteiger partial charge in [-0.25, -0.2) is 9.97 Å². The van der Waals surface area contributed by atoms with E-state index in [1.807, 2.05) is 94.8 Å². The van der Waals surface area contributed by atoms with Gasteiger partial charge in [0.2, 0.25) is 11.8 Å². The van der Waals surface area contributed by atoms with Crippen LogP contribution in [0.25, 0.3) is 90.9 Å². The number of anilines is 2. The van der Waals surface area contributed by atoms with Crippen molar-refractivity contribution in [1.29, 1.82) is 0 Å². The molecular weight excluding hydrogens is 1400 g/mol. The fourth-order valence-electron chi connectivity index (χ4n) is 15.3. The lowest BCUT2D eigenvalue weighted by molar-refractivity contribution is -0.140. The van der Waals surface area contributed by atoms with E-state index in [1.165, 1.54) is 0 Å². The van der Waals surface area contributed by atoms with Crippen molar-refractivity contribution in [3.05, 3.63) is 153 Å². The third kappa shape index (κ3) is 21.2. The number of nitrogens with one attached hydrogen (secondary N) is 4. The lowest BCUT2D eigenvalue weighted by Gasteiger charge is -2.32. The van der Waals surface area contributed by atoms with Gasteiger partial charge in [-0.1, -0.05) is 59.7 Å². The molecule has 4 aliphatic heterocycles. The third-order valence-electron chi connectivity index (χ3n) is 20.3. The summed E-state index contributed by atoms with van der Waals surface area (Å²) in [6.07, 6.45) is 8.11. The first-order chi connectivity index (χ1) is 52.6. The van der Waals surface area contributed by atoms with E-state index in [0.29, 0.717) is 34.2 Å². The van der Waals surface area contributed by atoms with Gasteiger partial charge in [-0.05, 0) is 159 Å². The van der Waals surface area contributed by atoms with Crippen molar-refractivity contribution in [2.45, 2.75) is 41.5 Å². The molecule has 28 nitrogen and oxygen atoms in total. The minimum atomic E-state index is -1.05. The molecular formula is C82H96N14O14. The average Bonchev–Trinajstić information content (AvgIpc) is 1.58. The van der Waals surface area contributed by atoms with E-state index < -0.39 is 35.8 Å². The Morgan fingerprint density at radius 3 is 0.736 bits per heavy atom. The Morgan fingerprint density at radius 2 is 0.509 bits per heavy atom. The van der Waals surface area contributed by atoms with Crippen LogP contribution in [-0.2, 0) is 38.4 Å². The number of nitrogens with zero attached hydrogens (tertiary/aromatic N) is 10. The molecule has 4 aromatic carbocycles. The number of aliphatic carboxylic acids is 6. The van der Waals surface area contributed by atoms with Crippen molar-refractivity contribution in [3.8, 4) is 44.5 Å². The van der Waals surface area contributed by atoms with Crippen molar-refractivity contribution in [3.63, 3.8) is 0 Å². The number of hydrogen-bond acceptors (Lipinski definition) is 18. The van der Waals surface area contributed by atoms with Gasteiger partial charge in [-0.3, -0.25) is 77.6 Å². The van der Waals surface area contributed by atoms with Gasteiger partial charge in [0, 0.05) is 160 Å². The Morgan fingerprint density at radius 1 is 0.300 bits per heavy atom. The summed E-state index contributed by atoms with van der Waals surface area (Å²) >= 11 is 0. The third-order valence-corrected chi connectivity index (χ3v) is 20.3. The molecule has 0 radical (unpaired) electrons. The van der Waals surface area contributed by atoms with E-state index in [4.69, 9.17) is 9.97 Å². The van der Waals surface area contributed by atoms with Crippen LogP contribution in [-0.4, -0.2) is 294 Å². The van der Waals surface area contributed by atoms with Crippen LogP contribution in [0.1, 0.15) is 56.2 Å². The van der Waals surface area contributed by atoms with Crippen LogP contribution in [0.5, 0.6) is 0 Å². The van der Waals surface area contributed by atoms with Crippen molar-refractivity contribution < 1.29 is 69.0 Å². The monoisotopic (exact) mass is 1500 g/mol. The van der Waals surface area contributed by atoms with Gasteiger partial charge >= 0.3 is 35.8 Å². The number of H-pyrrole nitrogens is 2. The predicted molar refractivity (Wildman–Crippen MR) is 424 cm³/mol. The number of carboxylic acids is 6. The number of aromatic amines is 2. The van der Waals surface area contributed by atoms with E-state index in [-0.39, 0.29) is 169 Å². The molecule has 7 heterocycles. The Labute approximate surface area is 637 Å². The minimum Gasteiger partial charge on any atom is -0.480 e. The van der Waals surface area contributed by atoms with E-state index in [2.05, 4.69) is 98.5 Å². The van der Waals surface area contributed by atoms with Crippen molar-refractivity contribution >= 4 is 105 Å². The number of amides is 2. The first-order valence-electron chi connectivity index (χ1n) is 36.9. The van der Waals surface area contributed by atoms with Gasteiger partial charge in [-0.15, -0.1) is 0 Å². The van der Waals surface area contributed by atoms with Crippen LogP contribution in [0.4, 0.5) is 11.4 Å². The Balaban J connectivity index is 0.964. The van der Waals surface area contributed by atoms with E-state index in [0.717, 1.165) is 100.0 Å². The standard InChI is InChI=1S/C82H96N14O14/c1-51-39-53(3)77(54(4)40-51)81-65-19-15-61(85-65)79(57-7-11-59(12-8-57)83-69(97)43-89-23-27-91(45-71(99)100)31-35-95(49-75(107)108)36-32-92(28-24-89)46-72(101)102)63-17-21-67(87-63)82(78-55(5)41-52(2)42-56(78)6)68-22-18-64(88-68)80(62-16-20-66(81)86-62)58-9-13-60(14-10-58)84-70(98)44-90-25-29-93(47-73(103)104)33-37-96(50-76(109)110)38-34-94(30-26-90)48-74(105)106/h7-22,39-42,85,88H,23-38,43-50H2,1-6H3,(H,83,97)(H,84,98)(H,99,100)(H,101,102)(H,103,104)(H,105,106)(H,107,108)(H,109,110). The molecule has 3 aromatic heterocycles. The fourth-order valence-corrected chi connectivity index (χ4v) is 15.3. The molecule has 2 amide bonds. The van der Waals surface area contributed by atoms with Gasteiger partial charge in [0.25, 0.3) is 0 Å². The smallest absolute Gasteiger partial charge is 0.317 e. The molecule has 0 atom stereocenters. The van der Waals surface area contributed by atoms with Crippen LogP contribution in [0.15, 0.2) is 97.1 Å². The zero-order valence-electron chi connectivity index (χ0n) is 62.9. The van der Waals surface area contributed by atoms with Gasteiger partial charge in [0.1, 0.15) is 0 Å². The second kappa shape index (κ2) is 36.4. The van der Waals surface area contributed by atoms with Crippen molar-refractivity contribution in [1.82, 2.24) is 59.1 Å². The lowest BCUT2D eigenvalue weighted by Crippen LogP contribution is -2.49. The van der Waals surface area contributed by atoms with Crippen molar-refractivity contribution in [2.75, 3.05) is 168 Å². The maximum Gasteiger partial charge on any atom is 0.317 e. The van der Waals surface area contributed by atoms with Gasteiger partial charge in [0.15, 0.2) is 0 Å². The number of hydrogen-bond donors (Lipinski definition) is 10. The lowest BCUT2D eigenvalue weighted by atomic mass is 9.92. The number of carboxylic acid groups (broad SMARTS) is 6. The number of carbonyl (C=O) groups excluding carboxylic acids is 2. The van der Waals surface area contributed by atoms with E-state index in [9.17, 15) is 69.0 Å². The van der Waals surface area contributed by atoms with E-state index >= 15 is 0 Å². The summed E-state index contributed by atoms with van der Waals surface area (Å²) in [5.41, 5.74) is 20.0. The zero-order chi connectivity index (χ0) is 78.4. The second-order valence-electron chi connectivity index (χ2n) is 28.9. The highest BCUT2D eigenvalue weighted by Gasteiger charge is 2.27. The maximum atomic E-state index is 14.2. The van der Waals surface area contributed by atoms with Crippen LogP contribution < -0.4 is 10.6 Å². The molecule has 28 heteroatoms. The highest BCUT2D eigenvalue weighted by Crippen LogP contribution is 2.42. The minimum absolute atomic E-state index is 0.0859. The van der Waals surface area contributed by atoms with E-state index in [1.54, 1.807) is 29.4 Å². The molecule has 110 heavy (non-hydrogen) atoms. The molecule has 0 saturated carbocycles. The molecule has 2 fully saturated rings. The molecule has 2 saturated heterocycles. The Hall–Kier alpha value is -11.1. The topological polar surface area (TPSA) is 365 Å². The second-order valence-corrected chi connectivity index (χ2v) is 28.9. The summed E-state index contributed by atoms with van der Waals surface area (Å²) < 4.78 is 0. The maximum absolute atomic E-state index is 14.2. The van der Waals surface area contributed by atoms with Crippen LogP contribution in [0, 0.1) is 41.5 Å². The fraction of sp³-hybridized carbons (Fsp3) is 0.366. The summed E-state index contributed by atoms with van der Waals surface area (Å²) in [4.78, 5) is 133. The van der Waals surface area contributed by atoms with Crippen molar-refractivity contribution in [2.24, 2.45) is 0 Å². The molecule has 4 aliphatic rings. The number of aryl methyl sites for hydroxylation is 6. The first-order valence-corrected chi connectivity index (χ1v) is 36.9. The number of rotatable bonds is 22. The van der Waals surface area contributed by atoms with Gasteiger partial charge < -0.3 is 51.2 Å². The summed E-state index contributed by atoms with van der Waals surface area (Å²) in [5.74, 6) is -6.96. The predicted octanol–water partition coefficient (Wildman–Crippen LogP) is 8.00. The molecule has 7 aromatic rings. The summed E-state index contributed by atoms with van der Waals surface area (Å²) in [7, 11) is 0. The highest BCUT2D eigenvalue weighted by molar-refractivity contribution is 6.02. The molecule has 10 N–H and O–H groups in total. The number of carbonyl (C=O) groups is 8. The number of benzene rings is 4. The summed E-state index contributed by atoms with van der Waals surface area (Å²) in [5, 5.41) is 64.7. The summed E-state index contributed by atoms with van der Waals surface area (Å²) in [6, 6.07) is 32.0. The van der Waals surface area contributed by atoms with Crippen LogP contribution in [0.3, 0.4) is 0 Å².